The molecule has 142 valence electrons. The lowest BCUT2D eigenvalue weighted by Gasteiger charge is -2.22. The van der Waals surface area contributed by atoms with Gasteiger partial charge in [0, 0.05) is 5.56 Å². The van der Waals surface area contributed by atoms with Crippen molar-refractivity contribution in [2.45, 2.75) is 26.0 Å². The molecule has 0 aliphatic carbocycles. The molecule has 9 heteroatoms. The summed E-state index contributed by atoms with van der Waals surface area (Å²) in [6.07, 6.45) is 2.91. The van der Waals surface area contributed by atoms with Crippen LogP contribution >= 0.6 is 0 Å². The molecule has 0 radical (unpaired) electrons. The Kier molecular flexibility index (Phi) is 5.15. The highest BCUT2D eigenvalue weighted by Crippen LogP contribution is 2.19. The molecule has 2 N–H and O–H groups in total. The molecule has 8 nitrogen and oxygen atoms in total. The van der Waals surface area contributed by atoms with Gasteiger partial charge in [0.05, 0.1) is 24.6 Å². The van der Waals surface area contributed by atoms with E-state index in [1.54, 1.807) is 31.3 Å². The van der Waals surface area contributed by atoms with Gasteiger partial charge in [0.15, 0.2) is 5.60 Å². The molecule has 1 amide bonds. The van der Waals surface area contributed by atoms with Crippen LogP contribution in [0.3, 0.4) is 0 Å². The SMILES string of the molecule is Cc1cc(NC(=O)[C@@](C)(O)Cn2cc(-c3ccc(F)cc3)nn2)cnc1C#N. The van der Waals surface area contributed by atoms with Gasteiger partial charge in [-0.2, -0.15) is 5.26 Å². The second-order valence-electron chi connectivity index (χ2n) is 6.54. The van der Waals surface area contributed by atoms with Gasteiger partial charge in [-0.15, -0.1) is 5.10 Å². The molecule has 0 saturated heterocycles. The Balaban J connectivity index is 1.71. The minimum absolute atomic E-state index is 0.143. The Bertz CT molecular complexity index is 1050. The van der Waals surface area contributed by atoms with Crippen molar-refractivity contribution in [1.29, 1.82) is 5.26 Å². The third kappa shape index (κ3) is 4.19. The Morgan fingerprint density at radius 1 is 1.39 bits per heavy atom. The number of benzene rings is 1. The summed E-state index contributed by atoms with van der Waals surface area (Å²) in [6.45, 7) is 2.91. The van der Waals surface area contributed by atoms with Gasteiger partial charge in [0.25, 0.3) is 5.91 Å². The minimum Gasteiger partial charge on any atom is -0.378 e. The summed E-state index contributed by atoms with van der Waals surface area (Å²) in [5, 5.41) is 29.9. The van der Waals surface area contributed by atoms with Gasteiger partial charge in [-0.1, -0.05) is 5.21 Å². The summed E-state index contributed by atoms with van der Waals surface area (Å²) in [7, 11) is 0. The molecular weight excluding hydrogens is 363 g/mol. The molecule has 0 saturated carbocycles. The van der Waals surface area contributed by atoms with Gasteiger partial charge in [0.1, 0.15) is 23.3 Å². The third-order valence-corrected chi connectivity index (χ3v) is 4.08. The van der Waals surface area contributed by atoms with Crippen molar-refractivity contribution >= 4 is 11.6 Å². The van der Waals surface area contributed by atoms with Crippen LogP contribution in [0.5, 0.6) is 0 Å². The van der Waals surface area contributed by atoms with Crippen molar-refractivity contribution in [3.8, 4) is 17.3 Å². The first kappa shape index (κ1) is 19.1. The summed E-state index contributed by atoms with van der Waals surface area (Å²) in [6, 6.07) is 9.29. The topological polar surface area (TPSA) is 117 Å². The lowest BCUT2D eigenvalue weighted by Crippen LogP contribution is -2.43. The number of nitrogens with zero attached hydrogens (tertiary/aromatic N) is 5. The van der Waals surface area contributed by atoms with E-state index >= 15 is 0 Å². The zero-order valence-corrected chi connectivity index (χ0v) is 15.2. The lowest BCUT2D eigenvalue weighted by molar-refractivity contribution is -0.133. The molecule has 3 rings (SSSR count). The van der Waals surface area contributed by atoms with E-state index in [2.05, 4.69) is 20.6 Å². The largest absolute Gasteiger partial charge is 0.378 e. The zero-order chi connectivity index (χ0) is 20.3. The number of nitriles is 1. The smallest absolute Gasteiger partial charge is 0.258 e. The van der Waals surface area contributed by atoms with Crippen LogP contribution in [0.1, 0.15) is 18.2 Å². The van der Waals surface area contributed by atoms with Crippen molar-refractivity contribution in [3.05, 3.63) is 59.8 Å². The van der Waals surface area contributed by atoms with E-state index in [0.717, 1.165) is 0 Å². The number of nitrogens with one attached hydrogen (secondary N) is 1. The van der Waals surface area contributed by atoms with Crippen LogP contribution in [0.4, 0.5) is 10.1 Å². The number of halogens is 1. The van der Waals surface area contributed by atoms with Crippen LogP contribution in [0.15, 0.2) is 42.7 Å². The summed E-state index contributed by atoms with van der Waals surface area (Å²) < 4.78 is 14.4. The maximum atomic E-state index is 13.0. The molecule has 28 heavy (non-hydrogen) atoms. The highest BCUT2D eigenvalue weighted by atomic mass is 19.1. The second kappa shape index (κ2) is 7.54. The molecule has 0 aliphatic heterocycles. The molecule has 0 unspecified atom stereocenters. The standard InChI is InChI=1S/C19H17FN6O2/c1-12-7-15(9-22-16(12)8-21)23-18(27)19(2,28)11-26-10-17(24-25-26)13-3-5-14(20)6-4-13/h3-7,9-10,28H,11H2,1-2H3,(H,23,27)/t19-/m0/s1. The van der Waals surface area contributed by atoms with Crippen LogP contribution in [0.2, 0.25) is 0 Å². The van der Waals surface area contributed by atoms with Crippen molar-refractivity contribution in [2.75, 3.05) is 5.32 Å². The predicted molar refractivity (Wildman–Crippen MR) is 98.4 cm³/mol. The van der Waals surface area contributed by atoms with E-state index in [1.165, 1.54) is 29.9 Å². The summed E-state index contributed by atoms with van der Waals surface area (Å²) in [5.41, 5.74) is 0.613. The highest BCUT2D eigenvalue weighted by molar-refractivity contribution is 5.96. The number of hydrogen-bond acceptors (Lipinski definition) is 6. The molecule has 1 aromatic carbocycles. The normalized spacial score (nSPS) is 12.8. The predicted octanol–water partition coefficient (Wildman–Crippen LogP) is 2.05. The number of aliphatic hydroxyl groups is 1. The van der Waals surface area contributed by atoms with Crippen LogP contribution in [-0.2, 0) is 11.3 Å². The van der Waals surface area contributed by atoms with E-state index in [4.69, 9.17) is 5.26 Å². The van der Waals surface area contributed by atoms with Crippen LogP contribution in [-0.4, -0.2) is 36.6 Å². The first-order chi connectivity index (χ1) is 13.3. The van der Waals surface area contributed by atoms with E-state index in [-0.39, 0.29) is 18.1 Å². The Morgan fingerprint density at radius 2 is 2.11 bits per heavy atom. The second-order valence-corrected chi connectivity index (χ2v) is 6.54. The molecule has 2 aromatic heterocycles. The molecular formula is C19H17FN6O2. The van der Waals surface area contributed by atoms with Crippen molar-refractivity contribution in [2.24, 2.45) is 0 Å². The van der Waals surface area contributed by atoms with Gasteiger partial charge in [0.2, 0.25) is 0 Å². The summed E-state index contributed by atoms with van der Waals surface area (Å²) >= 11 is 0. The number of anilines is 1. The molecule has 2 heterocycles. The average Bonchev–Trinajstić information content (AvgIpc) is 3.10. The lowest BCUT2D eigenvalue weighted by atomic mass is 10.1. The van der Waals surface area contributed by atoms with E-state index in [9.17, 15) is 14.3 Å². The fraction of sp³-hybridized carbons (Fsp3) is 0.211. The van der Waals surface area contributed by atoms with Crippen molar-refractivity contribution in [1.82, 2.24) is 20.0 Å². The molecule has 0 spiro atoms. The number of pyridine rings is 1. The minimum atomic E-state index is -1.78. The number of amides is 1. The van der Waals surface area contributed by atoms with Gasteiger partial charge in [-0.05, 0) is 49.7 Å². The molecule has 0 aliphatic rings. The zero-order valence-electron chi connectivity index (χ0n) is 15.2. The Morgan fingerprint density at radius 3 is 2.75 bits per heavy atom. The van der Waals surface area contributed by atoms with E-state index < -0.39 is 11.5 Å². The first-order valence-electron chi connectivity index (χ1n) is 8.35. The molecule has 0 fully saturated rings. The van der Waals surface area contributed by atoms with Gasteiger partial charge >= 0.3 is 0 Å². The van der Waals surface area contributed by atoms with Crippen LogP contribution < -0.4 is 5.32 Å². The molecule has 3 aromatic rings. The Labute approximate surface area is 160 Å². The van der Waals surface area contributed by atoms with Crippen molar-refractivity contribution < 1.29 is 14.3 Å². The average molecular weight is 380 g/mol. The number of aryl methyl sites for hydroxylation is 1. The van der Waals surface area contributed by atoms with Crippen molar-refractivity contribution in [3.63, 3.8) is 0 Å². The van der Waals surface area contributed by atoms with E-state index in [0.29, 0.717) is 22.5 Å². The first-order valence-corrected chi connectivity index (χ1v) is 8.35. The van der Waals surface area contributed by atoms with Gasteiger partial charge in [-0.25, -0.2) is 14.1 Å². The summed E-state index contributed by atoms with van der Waals surface area (Å²) in [5.74, 6) is -1.01. The fourth-order valence-corrected chi connectivity index (χ4v) is 2.54. The number of aromatic nitrogens is 4. The van der Waals surface area contributed by atoms with E-state index in [1.807, 2.05) is 6.07 Å². The van der Waals surface area contributed by atoms with Gasteiger partial charge in [-0.3, -0.25) is 4.79 Å². The Hall–Kier alpha value is -3.64. The number of carbonyl (C=O) groups excluding carboxylic acids is 1. The van der Waals surface area contributed by atoms with Crippen LogP contribution in [0.25, 0.3) is 11.3 Å². The summed E-state index contributed by atoms with van der Waals surface area (Å²) in [4.78, 5) is 16.4. The molecule has 1 atom stereocenters. The van der Waals surface area contributed by atoms with Crippen LogP contribution in [0, 0.1) is 24.1 Å². The monoisotopic (exact) mass is 380 g/mol. The third-order valence-electron chi connectivity index (χ3n) is 4.08. The maximum Gasteiger partial charge on any atom is 0.258 e. The quantitative estimate of drug-likeness (QED) is 0.700. The number of rotatable bonds is 5. The maximum absolute atomic E-state index is 13.0. The number of carbonyl (C=O) groups is 1. The number of hydrogen-bond donors (Lipinski definition) is 2. The fourth-order valence-electron chi connectivity index (χ4n) is 2.54. The highest BCUT2D eigenvalue weighted by Gasteiger charge is 2.31. The van der Waals surface area contributed by atoms with Gasteiger partial charge < -0.3 is 10.4 Å². The molecule has 0 bridgehead atoms.